The molecule has 0 aliphatic carbocycles. The van der Waals surface area contributed by atoms with Gasteiger partial charge >= 0.3 is 6.09 Å². The predicted molar refractivity (Wildman–Crippen MR) is 83.2 cm³/mol. The molecule has 0 aliphatic rings. The molecule has 0 saturated heterocycles. The minimum absolute atomic E-state index is 0.00732. The Hall–Kier alpha value is -2.60. The Morgan fingerprint density at radius 2 is 2.00 bits per heavy atom. The molecule has 0 aromatic heterocycles. The van der Waals surface area contributed by atoms with E-state index in [0.717, 1.165) is 19.1 Å². The first-order chi connectivity index (χ1) is 11.1. The summed E-state index contributed by atoms with van der Waals surface area (Å²) >= 11 is 0. The fourth-order valence-corrected chi connectivity index (χ4v) is 2.06. The summed E-state index contributed by atoms with van der Waals surface area (Å²) in [6.07, 6.45) is -0.186. The average molecular weight is 319 g/mol. The fourth-order valence-electron chi connectivity index (χ4n) is 2.06. The van der Waals surface area contributed by atoms with E-state index in [1.54, 1.807) is 30.3 Å². The zero-order chi connectivity index (χ0) is 16.8. The molecular formula is C17H18FNO4. The molecule has 0 spiro atoms. The van der Waals surface area contributed by atoms with Crippen LogP contribution in [0.1, 0.15) is 18.1 Å². The lowest BCUT2D eigenvalue weighted by Crippen LogP contribution is -2.27. The number of methoxy groups -OCH3 is 1. The molecule has 23 heavy (non-hydrogen) atoms. The summed E-state index contributed by atoms with van der Waals surface area (Å²) in [6.45, 7) is 1.93. The highest BCUT2D eigenvalue weighted by atomic mass is 19.1. The van der Waals surface area contributed by atoms with Gasteiger partial charge < -0.3 is 9.47 Å². The van der Waals surface area contributed by atoms with E-state index in [4.69, 9.17) is 4.74 Å². The van der Waals surface area contributed by atoms with E-state index < -0.39 is 11.9 Å². The summed E-state index contributed by atoms with van der Waals surface area (Å²) < 4.78 is 23.8. The smallest absolute Gasteiger partial charge is 0.438 e. The minimum atomic E-state index is -0.920. The summed E-state index contributed by atoms with van der Waals surface area (Å²) in [5.41, 5.74) is 1.60. The number of ether oxygens (including phenoxy) is 2. The van der Waals surface area contributed by atoms with Crippen LogP contribution >= 0.6 is 0 Å². The van der Waals surface area contributed by atoms with E-state index in [2.05, 4.69) is 4.74 Å². The van der Waals surface area contributed by atoms with Crippen molar-refractivity contribution in [3.63, 3.8) is 0 Å². The SMILES string of the molecule is CCc1ccc(OCc2ccccc2N(O)C(=O)OC)c(F)c1. The topological polar surface area (TPSA) is 59.0 Å². The molecule has 0 radical (unpaired) electrons. The number of carbonyl (C=O) groups excluding carboxylic acids is 1. The molecular weight excluding hydrogens is 301 g/mol. The van der Waals surface area contributed by atoms with Gasteiger partial charge in [0.1, 0.15) is 6.61 Å². The predicted octanol–water partition coefficient (Wildman–Crippen LogP) is 3.93. The van der Waals surface area contributed by atoms with Crippen molar-refractivity contribution in [2.45, 2.75) is 20.0 Å². The van der Waals surface area contributed by atoms with Gasteiger partial charge in [-0.05, 0) is 30.2 Å². The Bertz CT molecular complexity index is 690. The first kappa shape index (κ1) is 16.8. The van der Waals surface area contributed by atoms with Crippen LogP contribution in [0.5, 0.6) is 5.75 Å². The normalized spacial score (nSPS) is 10.3. The third-order valence-electron chi connectivity index (χ3n) is 3.36. The Labute approximate surface area is 133 Å². The lowest BCUT2D eigenvalue weighted by Gasteiger charge is -2.17. The van der Waals surface area contributed by atoms with Crippen molar-refractivity contribution in [2.75, 3.05) is 12.2 Å². The van der Waals surface area contributed by atoms with Crippen LogP contribution in [0.25, 0.3) is 0 Å². The van der Waals surface area contributed by atoms with E-state index in [0.29, 0.717) is 10.6 Å². The Morgan fingerprint density at radius 1 is 1.26 bits per heavy atom. The fraction of sp³-hybridized carbons (Fsp3) is 0.235. The van der Waals surface area contributed by atoms with Crippen molar-refractivity contribution in [3.8, 4) is 5.75 Å². The number of hydroxylamine groups is 1. The van der Waals surface area contributed by atoms with Gasteiger partial charge in [0, 0.05) is 5.56 Å². The average Bonchev–Trinajstić information content (AvgIpc) is 2.59. The Kier molecular flexibility index (Phi) is 5.54. The first-order valence-electron chi connectivity index (χ1n) is 7.13. The van der Waals surface area contributed by atoms with Gasteiger partial charge in [-0.15, -0.1) is 0 Å². The number of nitrogens with zero attached hydrogens (tertiary/aromatic N) is 1. The van der Waals surface area contributed by atoms with Crippen molar-refractivity contribution in [1.29, 1.82) is 0 Å². The van der Waals surface area contributed by atoms with Crippen LogP contribution in [0.2, 0.25) is 0 Å². The van der Waals surface area contributed by atoms with Crippen molar-refractivity contribution >= 4 is 11.8 Å². The highest BCUT2D eigenvalue weighted by Crippen LogP contribution is 2.24. The summed E-state index contributed by atoms with van der Waals surface area (Å²) in [5, 5.41) is 10.2. The van der Waals surface area contributed by atoms with Crippen molar-refractivity contribution in [2.24, 2.45) is 0 Å². The van der Waals surface area contributed by atoms with Crippen LogP contribution in [0.15, 0.2) is 42.5 Å². The molecule has 5 nitrogen and oxygen atoms in total. The molecule has 122 valence electrons. The van der Waals surface area contributed by atoms with Gasteiger partial charge in [0.25, 0.3) is 0 Å². The zero-order valence-corrected chi connectivity index (χ0v) is 13.0. The van der Waals surface area contributed by atoms with Crippen molar-refractivity contribution in [1.82, 2.24) is 0 Å². The highest BCUT2D eigenvalue weighted by Gasteiger charge is 2.17. The lowest BCUT2D eigenvalue weighted by molar-refractivity contribution is 0.140. The van der Waals surface area contributed by atoms with Crippen molar-refractivity contribution in [3.05, 3.63) is 59.4 Å². The van der Waals surface area contributed by atoms with Crippen LogP contribution in [-0.2, 0) is 17.8 Å². The Morgan fingerprint density at radius 3 is 2.65 bits per heavy atom. The van der Waals surface area contributed by atoms with Crippen LogP contribution in [0, 0.1) is 5.82 Å². The van der Waals surface area contributed by atoms with Gasteiger partial charge in [-0.3, -0.25) is 5.21 Å². The minimum Gasteiger partial charge on any atom is -0.486 e. The highest BCUT2D eigenvalue weighted by molar-refractivity contribution is 5.85. The first-order valence-corrected chi connectivity index (χ1v) is 7.13. The molecule has 6 heteroatoms. The zero-order valence-electron chi connectivity index (χ0n) is 13.0. The number of benzene rings is 2. The van der Waals surface area contributed by atoms with E-state index in [1.165, 1.54) is 12.1 Å². The number of hydrogen-bond donors (Lipinski definition) is 1. The van der Waals surface area contributed by atoms with Crippen LogP contribution in [-0.4, -0.2) is 18.4 Å². The van der Waals surface area contributed by atoms with Gasteiger partial charge in [0.05, 0.1) is 12.8 Å². The summed E-state index contributed by atoms with van der Waals surface area (Å²) in [7, 11) is 1.16. The third kappa shape index (κ3) is 3.98. The number of amides is 1. The molecule has 0 unspecified atom stereocenters. The van der Waals surface area contributed by atoms with Gasteiger partial charge in [0.2, 0.25) is 0 Å². The second kappa shape index (κ2) is 7.60. The Balaban J connectivity index is 2.16. The molecule has 0 heterocycles. The van der Waals surface area contributed by atoms with E-state index in [9.17, 15) is 14.4 Å². The quantitative estimate of drug-likeness (QED) is 0.670. The summed E-state index contributed by atoms with van der Waals surface area (Å²) in [5.74, 6) is -0.338. The van der Waals surface area contributed by atoms with Crippen LogP contribution in [0.4, 0.5) is 14.9 Å². The molecule has 1 amide bonds. The van der Waals surface area contributed by atoms with Gasteiger partial charge in [-0.2, -0.15) is 5.06 Å². The molecule has 0 saturated carbocycles. The van der Waals surface area contributed by atoms with Crippen LogP contribution in [0.3, 0.4) is 0 Å². The number of rotatable bonds is 5. The number of aryl methyl sites for hydroxylation is 1. The van der Waals surface area contributed by atoms with Gasteiger partial charge in [-0.25, -0.2) is 9.18 Å². The second-order valence-corrected chi connectivity index (χ2v) is 4.82. The van der Waals surface area contributed by atoms with E-state index >= 15 is 0 Å². The molecule has 2 aromatic carbocycles. The molecule has 0 aliphatic heterocycles. The molecule has 0 atom stereocenters. The largest absolute Gasteiger partial charge is 0.486 e. The van der Waals surface area contributed by atoms with Crippen LogP contribution < -0.4 is 9.80 Å². The summed E-state index contributed by atoms with van der Waals surface area (Å²) in [6, 6.07) is 11.4. The monoisotopic (exact) mass is 319 g/mol. The standard InChI is InChI=1S/C17H18FNO4/c1-3-12-8-9-16(14(18)10-12)23-11-13-6-4-5-7-15(13)19(21)17(20)22-2/h4-10,21H,3,11H2,1-2H3. The number of carbonyl (C=O) groups is 1. The third-order valence-corrected chi connectivity index (χ3v) is 3.36. The lowest BCUT2D eigenvalue weighted by atomic mass is 10.1. The molecule has 2 rings (SSSR count). The molecule has 1 N–H and O–H groups in total. The number of para-hydroxylation sites is 1. The van der Waals surface area contributed by atoms with Crippen molar-refractivity contribution < 1.29 is 23.9 Å². The second-order valence-electron chi connectivity index (χ2n) is 4.82. The molecule has 0 fully saturated rings. The maximum Gasteiger partial charge on any atom is 0.438 e. The number of hydrogen-bond acceptors (Lipinski definition) is 4. The van der Waals surface area contributed by atoms with Gasteiger partial charge in [0.15, 0.2) is 11.6 Å². The number of anilines is 1. The van der Waals surface area contributed by atoms with E-state index in [-0.39, 0.29) is 18.0 Å². The van der Waals surface area contributed by atoms with Gasteiger partial charge in [-0.1, -0.05) is 31.2 Å². The number of halogens is 1. The summed E-state index contributed by atoms with van der Waals surface area (Å²) in [4.78, 5) is 11.4. The molecule has 0 bridgehead atoms. The maximum absolute atomic E-state index is 13.9. The molecule has 2 aromatic rings. The maximum atomic E-state index is 13.9. The van der Waals surface area contributed by atoms with E-state index in [1.807, 2.05) is 6.92 Å².